The van der Waals surface area contributed by atoms with Crippen molar-refractivity contribution < 1.29 is 33.6 Å². The first-order chi connectivity index (χ1) is 17.5. The molecule has 0 aromatic carbocycles. The Morgan fingerprint density at radius 1 is 1.19 bits per heavy atom. The van der Waals surface area contributed by atoms with E-state index in [9.17, 15) is 14.7 Å². The molecule has 9 atom stereocenters. The molecule has 3 heterocycles. The maximum Gasteiger partial charge on any atom is 0.303 e. The average molecular weight is 519 g/mol. The third-order valence-corrected chi connectivity index (χ3v) is 7.85. The maximum absolute atomic E-state index is 12.4. The zero-order valence-electron chi connectivity index (χ0n) is 23.4. The third-order valence-electron chi connectivity index (χ3n) is 7.85. The number of ketones is 1. The number of rotatable bonds is 11. The van der Waals surface area contributed by atoms with E-state index in [2.05, 4.69) is 26.8 Å². The zero-order valence-corrected chi connectivity index (χ0v) is 23.4. The van der Waals surface area contributed by atoms with Crippen LogP contribution in [-0.4, -0.2) is 65.7 Å². The van der Waals surface area contributed by atoms with Crippen LogP contribution in [0.2, 0.25) is 0 Å². The summed E-state index contributed by atoms with van der Waals surface area (Å²) >= 11 is 0. The van der Waals surface area contributed by atoms with Gasteiger partial charge in [-0.25, -0.2) is 0 Å². The fourth-order valence-electron chi connectivity index (χ4n) is 5.54. The van der Waals surface area contributed by atoms with E-state index in [1.54, 1.807) is 13.0 Å². The van der Waals surface area contributed by atoms with Crippen molar-refractivity contribution in [3.05, 3.63) is 36.0 Å². The third kappa shape index (κ3) is 8.60. The summed E-state index contributed by atoms with van der Waals surface area (Å²) in [4.78, 5) is 23.5. The van der Waals surface area contributed by atoms with Crippen LogP contribution < -0.4 is 0 Å². The van der Waals surface area contributed by atoms with Crippen LogP contribution >= 0.6 is 0 Å². The molecule has 0 radical (unpaired) electrons. The second-order valence-corrected chi connectivity index (χ2v) is 11.3. The van der Waals surface area contributed by atoms with E-state index in [0.717, 1.165) is 37.7 Å². The van der Waals surface area contributed by atoms with Gasteiger partial charge in [-0.3, -0.25) is 9.59 Å². The lowest BCUT2D eigenvalue weighted by Crippen LogP contribution is -2.49. The molecule has 7 nitrogen and oxygen atoms in total. The first kappa shape index (κ1) is 29.8. The summed E-state index contributed by atoms with van der Waals surface area (Å²) in [5, 5.41) is 10.7. The highest BCUT2D eigenvalue weighted by atomic mass is 16.6. The molecule has 37 heavy (non-hydrogen) atoms. The Balaban J connectivity index is 1.48. The van der Waals surface area contributed by atoms with Crippen molar-refractivity contribution in [3.63, 3.8) is 0 Å². The molecule has 3 aliphatic heterocycles. The molecule has 0 amide bonds. The molecule has 0 bridgehead atoms. The van der Waals surface area contributed by atoms with E-state index in [1.807, 2.05) is 19.1 Å². The van der Waals surface area contributed by atoms with Crippen LogP contribution in [0.1, 0.15) is 80.1 Å². The van der Waals surface area contributed by atoms with E-state index in [4.69, 9.17) is 18.9 Å². The van der Waals surface area contributed by atoms with Gasteiger partial charge in [0, 0.05) is 19.8 Å². The fraction of sp³-hybridized carbons (Fsp3) is 0.733. The molecule has 1 N–H and O–H groups in total. The molecule has 3 aliphatic rings. The van der Waals surface area contributed by atoms with Gasteiger partial charge < -0.3 is 24.1 Å². The van der Waals surface area contributed by atoms with Crippen molar-refractivity contribution in [1.29, 1.82) is 0 Å². The highest BCUT2D eigenvalue weighted by molar-refractivity contribution is 5.89. The summed E-state index contributed by atoms with van der Waals surface area (Å²) in [6.07, 6.45) is 13.1. The summed E-state index contributed by atoms with van der Waals surface area (Å²) in [6.45, 7) is 12.1. The molecule has 0 aliphatic carbocycles. The van der Waals surface area contributed by atoms with Crippen molar-refractivity contribution in [1.82, 2.24) is 0 Å². The van der Waals surface area contributed by atoms with Gasteiger partial charge in [-0.15, -0.1) is 0 Å². The number of carbonyl (C=O) groups is 2. The number of esters is 1. The van der Waals surface area contributed by atoms with Crippen LogP contribution in [0.3, 0.4) is 0 Å². The van der Waals surface area contributed by atoms with Crippen molar-refractivity contribution in [3.8, 4) is 0 Å². The van der Waals surface area contributed by atoms with Gasteiger partial charge in [0.1, 0.15) is 23.9 Å². The molecule has 3 saturated heterocycles. The van der Waals surface area contributed by atoms with Gasteiger partial charge in [0.2, 0.25) is 0 Å². The molecule has 0 saturated carbocycles. The lowest BCUT2D eigenvalue weighted by Gasteiger charge is -2.38. The number of aliphatic hydroxyl groups is 1. The zero-order chi connectivity index (χ0) is 27.2. The van der Waals surface area contributed by atoms with Crippen LogP contribution in [0.25, 0.3) is 0 Å². The van der Waals surface area contributed by atoms with Gasteiger partial charge >= 0.3 is 5.97 Å². The molecular weight excluding hydrogens is 472 g/mol. The Morgan fingerprint density at radius 2 is 1.92 bits per heavy atom. The molecule has 208 valence electrons. The number of ether oxygens (including phenoxy) is 4. The van der Waals surface area contributed by atoms with Crippen LogP contribution in [-0.2, 0) is 28.5 Å². The number of hydrogen-bond acceptors (Lipinski definition) is 7. The van der Waals surface area contributed by atoms with Gasteiger partial charge in [-0.2, -0.15) is 0 Å². The van der Waals surface area contributed by atoms with Gasteiger partial charge in [-0.05, 0) is 64.0 Å². The van der Waals surface area contributed by atoms with Crippen molar-refractivity contribution in [2.45, 2.75) is 122 Å². The van der Waals surface area contributed by atoms with E-state index >= 15 is 0 Å². The number of aliphatic hydroxyl groups excluding tert-OH is 1. The van der Waals surface area contributed by atoms with E-state index in [-0.39, 0.29) is 42.1 Å². The predicted molar refractivity (Wildman–Crippen MR) is 142 cm³/mol. The minimum absolute atomic E-state index is 0.00953. The lowest BCUT2D eigenvalue weighted by molar-refractivity contribution is -0.143. The monoisotopic (exact) mass is 518 g/mol. The largest absolute Gasteiger partial charge is 0.459 e. The summed E-state index contributed by atoms with van der Waals surface area (Å²) in [7, 11) is 0. The molecular formula is C30H46O7. The molecule has 3 fully saturated rings. The Morgan fingerprint density at radius 3 is 2.57 bits per heavy atom. The van der Waals surface area contributed by atoms with Crippen molar-refractivity contribution >= 4 is 11.8 Å². The smallest absolute Gasteiger partial charge is 0.303 e. The van der Waals surface area contributed by atoms with Crippen LogP contribution in [0.5, 0.6) is 0 Å². The molecule has 0 aromatic rings. The molecule has 0 aromatic heterocycles. The fourth-order valence-corrected chi connectivity index (χ4v) is 5.54. The topological polar surface area (TPSA) is 94.6 Å². The second kappa shape index (κ2) is 13.3. The summed E-state index contributed by atoms with van der Waals surface area (Å²) in [6, 6.07) is 0. The SMILES string of the molecule is CCC[C@H]1C[C@@]2(CO2)[C@H](O)C(/C=C/C(C)=C/C[C@@H]2O[C@H](C)[C@H](CC(=O)/C=C\[C@H](C)OC(C)=O)C[C@@H]2C)O1. The van der Waals surface area contributed by atoms with E-state index in [1.165, 1.54) is 13.0 Å². The highest BCUT2D eigenvalue weighted by Crippen LogP contribution is 2.43. The molecule has 3 rings (SSSR count). The van der Waals surface area contributed by atoms with E-state index < -0.39 is 17.8 Å². The summed E-state index contributed by atoms with van der Waals surface area (Å²) in [5.74, 6) is 0.157. The Bertz CT molecular complexity index is 871. The first-order valence-corrected chi connectivity index (χ1v) is 13.9. The summed E-state index contributed by atoms with van der Waals surface area (Å²) < 4.78 is 23.2. The van der Waals surface area contributed by atoms with Gasteiger partial charge in [0.25, 0.3) is 0 Å². The molecule has 1 spiro atoms. The Labute approximate surface area is 222 Å². The molecule has 7 heteroatoms. The van der Waals surface area contributed by atoms with Crippen LogP contribution in [0.4, 0.5) is 0 Å². The standard InChI is InChI=1S/C30H46O7/c1-7-8-26-17-30(18-34-30)29(33)28(37-26)14-10-19(2)9-13-27-20(3)15-24(22(5)36-27)16-25(32)12-11-21(4)35-23(6)31/h9-12,14,20-22,24,26-29,33H,7-8,13,15-18H2,1-6H3/b12-11-,14-10+,19-9+/t20-,21-,22+,24-,26-,27-,28?,29+,30+/m0/s1. The first-order valence-electron chi connectivity index (χ1n) is 13.9. The predicted octanol–water partition coefficient (Wildman–Crippen LogP) is 4.86. The number of carbonyl (C=O) groups excluding carboxylic acids is 2. The Kier molecular flexibility index (Phi) is 10.7. The maximum atomic E-state index is 12.4. The highest BCUT2D eigenvalue weighted by Gasteiger charge is 2.58. The van der Waals surface area contributed by atoms with Gasteiger partial charge in [-0.1, -0.05) is 44.1 Å². The van der Waals surface area contributed by atoms with Crippen LogP contribution in [0.15, 0.2) is 36.0 Å². The summed E-state index contributed by atoms with van der Waals surface area (Å²) in [5.41, 5.74) is 0.688. The number of allylic oxidation sites excluding steroid dienone is 3. The number of epoxide rings is 1. The van der Waals surface area contributed by atoms with Crippen molar-refractivity contribution in [2.24, 2.45) is 11.8 Å². The van der Waals surface area contributed by atoms with Crippen LogP contribution in [0, 0.1) is 11.8 Å². The van der Waals surface area contributed by atoms with E-state index in [0.29, 0.717) is 18.9 Å². The minimum atomic E-state index is -0.633. The number of hydrogen-bond donors (Lipinski definition) is 1. The van der Waals surface area contributed by atoms with Crippen molar-refractivity contribution in [2.75, 3.05) is 6.61 Å². The average Bonchev–Trinajstić information content (AvgIpc) is 3.60. The normalized spacial score (nSPS) is 37.3. The second-order valence-electron chi connectivity index (χ2n) is 11.3. The quantitative estimate of drug-likeness (QED) is 0.181. The molecule has 1 unspecified atom stereocenters. The minimum Gasteiger partial charge on any atom is -0.459 e. The lowest BCUT2D eigenvalue weighted by atomic mass is 9.81. The van der Waals surface area contributed by atoms with Gasteiger partial charge in [0.05, 0.1) is 24.9 Å². The Hall–Kier alpha value is -1.80. The van der Waals surface area contributed by atoms with Gasteiger partial charge in [0.15, 0.2) is 5.78 Å².